The predicted octanol–water partition coefficient (Wildman–Crippen LogP) is 6.41. The van der Waals surface area contributed by atoms with Gasteiger partial charge in [-0.2, -0.15) is 0 Å². The number of ether oxygens (including phenoxy) is 1. The zero-order chi connectivity index (χ0) is 28.9. The minimum atomic E-state index is -0.684. The fourth-order valence-electron chi connectivity index (χ4n) is 5.20. The molecular weight excluding hydrogens is 514 g/mol. The van der Waals surface area contributed by atoms with Gasteiger partial charge >= 0.3 is 0 Å². The monoisotopic (exact) mass is 549 g/mol. The van der Waals surface area contributed by atoms with E-state index >= 15 is 0 Å². The zero-order valence-corrected chi connectivity index (χ0v) is 23.7. The summed E-state index contributed by atoms with van der Waals surface area (Å²) in [5.74, 6) is -0.485. The molecule has 0 saturated carbocycles. The van der Waals surface area contributed by atoms with E-state index < -0.39 is 17.7 Å². The van der Waals surface area contributed by atoms with Gasteiger partial charge in [-0.3, -0.25) is 9.59 Å². The van der Waals surface area contributed by atoms with Crippen molar-refractivity contribution in [3.63, 3.8) is 0 Å². The van der Waals surface area contributed by atoms with Gasteiger partial charge in [-0.1, -0.05) is 67.9 Å². The number of aryl methyl sites for hydroxylation is 2. The van der Waals surface area contributed by atoms with Crippen LogP contribution < -0.4 is 4.74 Å². The van der Waals surface area contributed by atoms with E-state index in [1.807, 2.05) is 60.2 Å². The standard InChI is InChI=1S/C34H35N3O4/c1-23(2)26-8-10-27(11-9-26)31-30(33(39)34(40)37(31)18-5-17-36-19-16-35-22-36)32(38)28-12-14-29(15-13-28)41-21-25-7-4-6-24(3)20-25/h4,6-16,19-20,22-23,31,38H,5,17-18,21H2,1-3H3/t31-/m1/s1. The normalized spacial score (nSPS) is 16.5. The van der Waals surface area contributed by atoms with Crippen LogP contribution in [0.25, 0.3) is 5.76 Å². The Balaban J connectivity index is 1.42. The highest BCUT2D eigenvalue weighted by molar-refractivity contribution is 6.46. The zero-order valence-electron chi connectivity index (χ0n) is 23.7. The molecule has 2 heterocycles. The van der Waals surface area contributed by atoms with Crippen molar-refractivity contribution < 1.29 is 19.4 Å². The second-order valence-corrected chi connectivity index (χ2v) is 10.8. The summed E-state index contributed by atoms with van der Waals surface area (Å²) < 4.78 is 7.86. The Morgan fingerprint density at radius 1 is 1.00 bits per heavy atom. The number of hydrogen-bond acceptors (Lipinski definition) is 5. The lowest BCUT2D eigenvalue weighted by Gasteiger charge is -2.26. The van der Waals surface area contributed by atoms with Gasteiger partial charge < -0.3 is 19.3 Å². The first-order chi connectivity index (χ1) is 19.8. The van der Waals surface area contributed by atoms with E-state index in [1.54, 1.807) is 41.7 Å². The van der Waals surface area contributed by atoms with Gasteiger partial charge in [0.2, 0.25) is 0 Å². The summed E-state index contributed by atoms with van der Waals surface area (Å²) in [5, 5.41) is 11.4. The number of nitrogens with zero attached hydrogens (tertiary/aromatic N) is 3. The summed E-state index contributed by atoms with van der Waals surface area (Å²) in [5.41, 5.74) is 4.73. The molecule has 1 aromatic heterocycles. The summed E-state index contributed by atoms with van der Waals surface area (Å²) in [4.78, 5) is 32.3. The Bertz CT molecular complexity index is 1540. The van der Waals surface area contributed by atoms with Crippen LogP contribution in [-0.2, 0) is 22.7 Å². The summed E-state index contributed by atoms with van der Waals surface area (Å²) in [7, 11) is 0. The van der Waals surface area contributed by atoms with E-state index in [0.717, 1.165) is 22.3 Å². The maximum absolute atomic E-state index is 13.4. The van der Waals surface area contributed by atoms with Gasteiger partial charge in [0.1, 0.15) is 18.1 Å². The number of carbonyl (C=O) groups excluding carboxylic acids is 2. The molecule has 0 unspecified atom stereocenters. The predicted molar refractivity (Wildman–Crippen MR) is 158 cm³/mol. The number of aliphatic hydroxyl groups is 1. The molecule has 1 saturated heterocycles. The second-order valence-electron chi connectivity index (χ2n) is 10.8. The summed E-state index contributed by atoms with van der Waals surface area (Å²) in [6, 6.07) is 22.3. The number of Topliss-reactive ketones (excluding diaryl/α,β-unsaturated/α-hetero) is 1. The van der Waals surface area contributed by atoms with Crippen molar-refractivity contribution >= 4 is 17.4 Å². The molecule has 7 nitrogen and oxygen atoms in total. The number of amides is 1. The van der Waals surface area contributed by atoms with Crippen molar-refractivity contribution in [3.8, 4) is 5.75 Å². The van der Waals surface area contributed by atoms with Crippen molar-refractivity contribution in [1.82, 2.24) is 14.5 Å². The molecule has 210 valence electrons. The lowest BCUT2D eigenvalue weighted by atomic mass is 9.93. The molecule has 0 aliphatic carbocycles. The van der Waals surface area contributed by atoms with Gasteiger partial charge in [0.05, 0.1) is 17.9 Å². The lowest BCUT2D eigenvalue weighted by Crippen LogP contribution is -2.31. The summed E-state index contributed by atoms with van der Waals surface area (Å²) in [6.07, 6.45) is 5.94. The van der Waals surface area contributed by atoms with Crippen molar-refractivity contribution in [2.45, 2.75) is 52.3 Å². The van der Waals surface area contributed by atoms with E-state index in [0.29, 0.717) is 43.3 Å². The lowest BCUT2D eigenvalue weighted by molar-refractivity contribution is -0.139. The highest BCUT2D eigenvalue weighted by Crippen LogP contribution is 2.40. The largest absolute Gasteiger partial charge is 0.507 e. The Labute approximate surface area is 240 Å². The van der Waals surface area contributed by atoms with Crippen LogP contribution in [0.1, 0.15) is 60.0 Å². The average molecular weight is 550 g/mol. The highest BCUT2D eigenvalue weighted by atomic mass is 16.5. The molecule has 1 amide bonds. The minimum Gasteiger partial charge on any atom is -0.507 e. The van der Waals surface area contributed by atoms with Gasteiger partial charge in [-0.25, -0.2) is 4.98 Å². The van der Waals surface area contributed by atoms with Crippen molar-refractivity contribution in [3.05, 3.63) is 125 Å². The van der Waals surface area contributed by atoms with E-state index in [2.05, 4.69) is 24.9 Å². The Kier molecular flexibility index (Phi) is 8.34. The fraction of sp³-hybridized carbons (Fsp3) is 0.265. The van der Waals surface area contributed by atoms with E-state index in [-0.39, 0.29) is 11.3 Å². The molecule has 7 heteroatoms. The second kappa shape index (κ2) is 12.3. The number of benzene rings is 3. The van der Waals surface area contributed by atoms with E-state index in [1.165, 1.54) is 0 Å². The third kappa shape index (κ3) is 6.24. The SMILES string of the molecule is Cc1cccc(COc2ccc(C(O)=C3C(=O)C(=O)N(CCCn4ccnc4)[C@@H]3c3ccc(C(C)C)cc3)cc2)c1. The molecule has 0 spiro atoms. The van der Waals surface area contributed by atoms with Crippen molar-refractivity contribution in [1.29, 1.82) is 0 Å². The van der Waals surface area contributed by atoms with Crippen LogP contribution in [0.5, 0.6) is 5.75 Å². The first-order valence-corrected chi connectivity index (χ1v) is 13.9. The number of aliphatic hydroxyl groups excluding tert-OH is 1. The molecule has 1 aliphatic heterocycles. The van der Waals surface area contributed by atoms with E-state index in [4.69, 9.17) is 4.74 Å². The van der Waals surface area contributed by atoms with Crippen LogP contribution >= 0.6 is 0 Å². The molecule has 4 aromatic rings. The molecule has 5 rings (SSSR count). The Morgan fingerprint density at radius 3 is 2.41 bits per heavy atom. The number of imidazole rings is 1. The molecule has 1 N–H and O–H groups in total. The molecule has 1 atom stereocenters. The number of aromatic nitrogens is 2. The Morgan fingerprint density at radius 2 is 1.76 bits per heavy atom. The average Bonchev–Trinajstić information content (AvgIpc) is 3.58. The van der Waals surface area contributed by atoms with Gasteiger partial charge in [0.25, 0.3) is 11.7 Å². The van der Waals surface area contributed by atoms with Crippen LogP contribution in [0.15, 0.2) is 97.1 Å². The van der Waals surface area contributed by atoms with Crippen molar-refractivity contribution in [2.24, 2.45) is 0 Å². The highest BCUT2D eigenvalue weighted by Gasteiger charge is 2.45. The molecule has 3 aromatic carbocycles. The van der Waals surface area contributed by atoms with Gasteiger partial charge in [-0.15, -0.1) is 0 Å². The van der Waals surface area contributed by atoms with Crippen LogP contribution in [0.2, 0.25) is 0 Å². The molecule has 1 fully saturated rings. The number of carbonyl (C=O) groups is 2. The van der Waals surface area contributed by atoms with Crippen LogP contribution in [0, 0.1) is 6.92 Å². The topological polar surface area (TPSA) is 84.7 Å². The molecule has 0 radical (unpaired) electrons. The summed E-state index contributed by atoms with van der Waals surface area (Å²) >= 11 is 0. The first kappa shape index (κ1) is 27.9. The number of rotatable bonds is 10. The van der Waals surface area contributed by atoms with Crippen molar-refractivity contribution in [2.75, 3.05) is 6.54 Å². The fourth-order valence-corrected chi connectivity index (χ4v) is 5.20. The van der Waals surface area contributed by atoms with E-state index in [9.17, 15) is 14.7 Å². The molecule has 41 heavy (non-hydrogen) atoms. The third-order valence-electron chi connectivity index (χ3n) is 7.45. The van der Waals surface area contributed by atoms with Gasteiger partial charge in [-0.05, 0) is 60.2 Å². The quantitative estimate of drug-likeness (QED) is 0.140. The molecule has 1 aliphatic rings. The Hall–Kier alpha value is -4.65. The van der Waals surface area contributed by atoms with Gasteiger partial charge in [0.15, 0.2) is 0 Å². The minimum absolute atomic E-state index is 0.100. The van der Waals surface area contributed by atoms with Crippen LogP contribution in [0.3, 0.4) is 0 Å². The number of hydrogen-bond donors (Lipinski definition) is 1. The maximum atomic E-state index is 13.4. The third-order valence-corrected chi connectivity index (χ3v) is 7.45. The number of ketones is 1. The smallest absolute Gasteiger partial charge is 0.295 e. The number of likely N-dealkylation sites (tertiary alicyclic amines) is 1. The van der Waals surface area contributed by atoms with Crippen LogP contribution in [-0.4, -0.2) is 37.8 Å². The van der Waals surface area contributed by atoms with Crippen LogP contribution in [0.4, 0.5) is 0 Å². The first-order valence-electron chi connectivity index (χ1n) is 13.9. The molecular formula is C34H35N3O4. The maximum Gasteiger partial charge on any atom is 0.295 e. The van der Waals surface area contributed by atoms with Gasteiger partial charge in [0, 0.05) is 31.0 Å². The molecule has 0 bridgehead atoms. The summed E-state index contributed by atoms with van der Waals surface area (Å²) in [6.45, 7) is 7.71.